The van der Waals surface area contributed by atoms with Crippen LogP contribution in [-0.2, 0) is 12.8 Å². The summed E-state index contributed by atoms with van der Waals surface area (Å²) in [4.78, 5) is 0. The summed E-state index contributed by atoms with van der Waals surface area (Å²) >= 11 is 0. The average Bonchev–Trinajstić information content (AvgIpc) is 2.06. The molecule has 0 aliphatic heterocycles. The summed E-state index contributed by atoms with van der Waals surface area (Å²) in [5.74, 6) is -0.947. The van der Waals surface area contributed by atoms with Gasteiger partial charge in [-0.3, -0.25) is 0 Å². The zero-order valence-corrected chi connectivity index (χ0v) is 8.41. The van der Waals surface area contributed by atoms with Crippen LogP contribution in [-0.4, -0.2) is 6.04 Å². The molecule has 1 aromatic rings. The predicted molar refractivity (Wildman–Crippen MR) is 53.6 cm³/mol. The fraction of sp³-hybridized carbons (Fsp3) is 0.400. The van der Waals surface area contributed by atoms with Crippen molar-refractivity contribution in [1.82, 2.24) is 0 Å². The molecule has 0 aromatic heterocycles. The van der Waals surface area contributed by atoms with Gasteiger partial charge in [0.2, 0.25) is 0 Å². The van der Waals surface area contributed by atoms with E-state index in [2.05, 4.69) is 0 Å². The van der Waals surface area contributed by atoms with E-state index < -0.39 is 11.6 Å². The Bertz CT molecular complexity index is 341. The molecule has 1 aliphatic carbocycles. The van der Waals surface area contributed by atoms with Gasteiger partial charge >= 0.3 is 0 Å². The summed E-state index contributed by atoms with van der Waals surface area (Å²) in [5.41, 5.74) is 7.07. The molecular formula is C10H12ClF2N. The maximum absolute atomic E-state index is 13.2. The van der Waals surface area contributed by atoms with Crippen molar-refractivity contribution in [2.75, 3.05) is 0 Å². The molecule has 14 heavy (non-hydrogen) atoms. The van der Waals surface area contributed by atoms with Gasteiger partial charge in [-0.25, -0.2) is 8.78 Å². The Morgan fingerprint density at radius 1 is 1.29 bits per heavy atom. The summed E-state index contributed by atoms with van der Waals surface area (Å²) in [7, 11) is 0. The second kappa shape index (κ2) is 4.24. The van der Waals surface area contributed by atoms with Gasteiger partial charge in [0.25, 0.3) is 0 Å². The first-order valence-electron chi connectivity index (χ1n) is 4.39. The van der Waals surface area contributed by atoms with Gasteiger partial charge < -0.3 is 5.73 Å². The van der Waals surface area contributed by atoms with E-state index in [0.29, 0.717) is 18.4 Å². The Morgan fingerprint density at radius 3 is 2.71 bits per heavy atom. The van der Waals surface area contributed by atoms with E-state index in [9.17, 15) is 8.78 Å². The number of benzene rings is 1. The first-order valence-corrected chi connectivity index (χ1v) is 4.39. The molecule has 0 fully saturated rings. The highest BCUT2D eigenvalue weighted by atomic mass is 35.5. The molecule has 2 N–H and O–H groups in total. The van der Waals surface area contributed by atoms with Gasteiger partial charge in [-0.1, -0.05) is 0 Å². The lowest BCUT2D eigenvalue weighted by Gasteiger charge is -2.21. The van der Waals surface area contributed by atoms with Crippen LogP contribution >= 0.6 is 12.4 Å². The van der Waals surface area contributed by atoms with Gasteiger partial charge in [0, 0.05) is 12.1 Å². The molecule has 0 radical (unpaired) electrons. The number of hydrogen-bond acceptors (Lipinski definition) is 1. The second-order valence-corrected chi connectivity index (χ2v) is 3.53. The van der Waals surface area contributed by atoms with Gasteiger partial charge in [-0.15, -0.1) is 12.4 Å². The number of hydrogen-bond donors (Lipinski definition) is 1. The van der Waals surface area contributed by atoms with E-state index in [1.807, 2.05) is 0 Å². The second-order valence-electron chi connectivity index (χ2n) is 3.53. The summed E-state index contributed by atoms with van der Waals surface area (Å²) in [5, 5.41) is 0. The summed E-state index contributed by atoms with van der Waals surface area (Å²) < 4.78 is 26.0. The lowest BCUT2D eigenvalue weighted by atomic mass is 9.88. The third kappa shape index (κ3) is 2.04. The Hall–Kier alpha value is -0.670. The van der Waals surface area contributed by atoms with Crippen molar-refractivity contribution in [3.8, 4) is 0 Å². The predicted octanol–water partition coefficient (Wildman–Crippen LogP) is 2.20. The van der Waals surface area contributed by atoms with Crippen LogP contribution in [0.1, 0.15) is 17.5 Å². The minimum Gasteiger partial charge on any atom is -0.327 e. The van der Waals surface area contributed by atoms with Crippen molar-refractivity contribution in [2.24, 2.45) is 5.73 Å². The van der Waals surface area contributed by atoms with Crippen LogP contribution in [0.15, 0.2) is 12.1 Å². The highest BCUT2D eigenvalue weighted by Crippen LogP contribution is 2.24. The highest BCUT2D eigenvalue weighted by molar-refractivity contribution is 5.85. The zero-order valence-electron chi connectivity index (χ0n) is 7.59. The Labute approximate surface area is 87.7 Å². The lowest BCUT2D eigenvalue weighted by molar-refractivity contribution is 0.518. The molecule has 1 aliphatic rings. The van der Waals surface area contributed by atoms with Crippen LogP contribution in [0.2, 0.25) is 0 Å². The van der Waals surface area contributed by atoms with Crippen molar-refractivity contribution in [2.45, 2.75) is 25.3 Å². The Balaban J connectivity index is 0.000000980. The quantitative estimate of drug-likeness (QED) is 0.711. The van der Waals surface area contributed by atoms with E-state index >= 15 is 0 Å². The van der Waals surface area contributed by atoms with E-state index in [4.69, 9.17) is 5.73 Å². The largest absolute Gasteiger partial charge is 0.327 e. The van der Waals surface area contributed by atoms with Crippen LogP contribution in [0.5, 0.6) is 0 Å². The fourth-order valence-corrected chi connectivity index (χ4v) is 1.81. The monoisotopic (exact) mass is 219 g/mol. The van der Waals surface area contributed by atoms with Crippen LogP contribution in [0.3, 0.4) is 0 Å². The number of aryl methyl sites for hydroxylation is 1. The first-order chi connectivity index (χ1) is 6.16. The van der Waals surface area contributed by atoms with Crippen LogP contribution in [0.25, 0.3) is 0 Å². The van der Waals surface area contributed by atoms with Gasteiger partial charge in [-0.05, 0) is 36.5 Å². The van der Waals surface area contributed by atoms with Gasteiger partial charge in [0.1, 0.15) is 11.6 Å². The Morgan fingerprint density at radius 2 is 2.00 bits per heavy atom. The standard InChI is InChI=1S/C10H11F2N.ClH/c11-7-3-6-1-2-8(13)5-9(6)10(12)4-7;/h3-4,8H,1-2,5,13H2;1H. The zero-order chi connectivity index (χ0) is 9.42. The number of halogens is 3. The normalized spacial score (nSPS) is 19.8. The molecule has 1 unspecified atom stereocenters. The molecule has 0 heterocycles. The van der Waals surface area contributed by atoms with Crippen molar-refractivity contribution >= 4 is 12.4 Å². The fourth-order valence-electron chi connectivity index (χ4n) is 1.81. The molecule has 0 spiro atoms. The summed E-state index contributed by atoms with van der Waals surface area (Å²) in [6, 6.07) is 2.36. The molecule has 0 bridgehead atoms. The summed E-state index contributed by atoms with van der Waals surface area (Å²) in [6.07, 6.45) is 2.03. The lowest BCUT2D eigenvalue weighted by Crippen LogP contribution is -2.28. The average molecular weight is 220 g/mol. The summed E-state index contributed by atoms with van der Waals surface area (Å²) in [6.45, 7) is 0. The topological polar surface area (TPSA) is 26.0 Å². The van der Waals surface area contributed by atoms with Crippen LogP contribution < -0.4 is 5.73 Å². The van der Waals surface area contributed by atoms with E-state index in [0.717, 1.165) is 18.1 Å². The van der Waals surface area contributed by atoms with E-state index in [-0.39, 0.29) is 18.4 Å². The number of rotatable bonds is 0. The highest BCUT2D eigenvalue weighted by Gasteiger charge is 2.19. The van der Waals surface area contributed by atoms with Gasteiger partial charge in [0.15, 0.2) is 0 Å². The number of nitrogens with two attached hydrogens (primary N) is 1. The molecule has 78 valence electrons. The number of fused-ring (bicyclic) bond motifs is 1. The van der Waals surface area contributed by atoms with E-state index in [1.165, 1.54) is 6.07 Å². The third-order valence-electron chi connectivity index (χ3n) is 2.50. The van der Waals surface area contributed by atoms with Gasteiger partial charge in [0.05, 0.1) is 0 Å². The first kappa shape index (κ1) is 11.4. The van der Waals surface area contributed by atoms with Crippen molar-refractivity contribution in [3.05, 3.63) is 34.9 Å². The molecule has 2 rings (SSSR count). The van der Waals surface area contributed by atoms with Crippen molar-refractivity contribution in [3.63, 3.8) is 0 Å². The Kier molecular flexibility index (Phi) is 3.45. The van der Waals surface area contributed by atoms with Crippen LogP contribution in [0, 0.1) is 11.6 Å². The maximum Gasteiger partial charge on any atom is 0.129 e. The SMILES string of the molecule is Cl.NC1CCc2cc(F)cc(F)c2C1. The molecule has 1 nitrogen and oxygen atoms in total. The van der Waals surface area contributed by atoms with E-state index in [1.54, 1.807) is 0 Å². The third-order valence-corrected chi connectivity index (χ3v) is 2.50. The minimum atomic E-state index is -0.494. The van der Waals surface area contributed by atoms with Crippen molar-refractivity contribution < 1.29 is 8.78 Å². The van der Waals surface area contributed by atoms with Crippen LogP contribution in [0.4, 0.5) is 8.78 Å². The molecule has 0 amide bonds. The molecule has 1 aromatic carbocycles. The van der Waals surface area contributed by atoms with Crippen molar-refractivity contribution in [1.29, 1.82) is 0 Å². The molecule has 0 saturated carbocycles. The van der Waals surface area contributed by atoms with Gasteiger partial charge in [-0.2, -0.15) is 0 Å². The molecular weight excluding hydrogens is 208 g/mol. The molecule has 0 saturated heterocycles. The smallest absolute Gasteiger partial charge is 0.129 e. The molecule has 4 heteroatoms. The molecule has 1 atom stereocenters. The minimum absolute atomic E-state index is 0. The maximum atomic E-state index is 13.2.